The van der Waals surface area contributed by atoms with Gasteiger partial charge in [0.2, 0.25) is 5.95 Å². The monoisotopic (exact) mass is 484 g/mol. The summed E-state index contributed by atoms with van der Waals surface area (Å²) in [5.74, 6) is 0.882. The highest BCUT2D eigenvalue weighted by atomic mass is 16.2. The van der Waals surface area contributed by atoms with Crippen LogP contribution in [0.3, 0.4) is 0 Å². The van der Waals surface area contributed by atoms with Crippen molar-refractivity contribution in [3.05, 3.63) is 60.3 Å². The molecule has 0 atom stereocenters. The summed E-state index contributed by atoms with van der Waals surface area (Å²) in [5.41, 5.74) is 2.31. The fourth-order valence-electron chi connectivity index (χ4n) is 5.12. The van der Waals surface area contributed by atoms with Gasteiger partial charge >= 0.3 is 0 Å². The van der Waals surface area contributed by atoms with E-state index >= 15 is 0 Å². The maximum absolute atomic E-state index is 12.8. The Morgan fingerprint density at radius 1 is 0.972 bits per heavy atom. The number of anilines is 2. The summed E-state index contributed by atoms with van der Waals surface area (Å²) in [6, 6.07) is 16.0. The zero-order valence-electron chi connectivity index (χ0n) is 21.0. The Kier molecular flexibility index (Phi) is 6.59. The van der Waals surface area contributed by atoms with E-state index in [0.717, 1.165) is 53.3 Å². The predicted molar refractivity (Wildman–Crippen MR) is 143 cm³/mol. The van der Waals surface area contributed by atoms with Gasteiger partial charge in [-0.25, -0.2) is 4.98 Å². The molecule has 0 radical (unpaired) electrons. The van der Waals surface area contributed by atoms with Crippen molar-refractivity contribution < 1.29 is 9.59 Å². The summed E-state index contributed by atoms with van der Waals surface area (Å²) < 4.78 is 1.88. The molecule has 8 nitrogen and oxygen atoms in total. The molecule has 1 fully saturated rings. The molecule has 4 aromatic rings. The molecular weight excluding hydrogens is 452 g/mol. The molecule has 2 N–H and O–H groups in total. The minimum Gasteiger partial charge on any atom is -0.362 e. The average Bonchev–Trinajstić information content (AvgIpc) is 3.23. The van der Waals surface area contributed by atoms with E-state index in [4.69, 9.17) is 9.97 Å². The molecule has 1 saturated carbocycles. The van der Waals surface area contributed by atoms with Crippen molar-refractivity contribution >= 4 is 45.3 Å². The van der Waals surface area contributed by atoms with E-state index in [-0.39, 0.29) is 6.04 Å². The number of para-hydroxylation sites is 2. The fraction of sp³-hybridized carbons (Fsp3) is 0.357. The first-order chi connectivity index (χ1) is 17.4. The Morgan fingerprint density at radius 2 is 1.67 bits per heavy atom. The number of hydrogen-bond acceptors (Lipinski definition) is 6. The number of nitrogens with one attached hydrogen (secondary N) is 2. The number of Topliss-reactive ketones (excluding diaryl/α,β-unsaturated/α-hetero) is 1. The second kappa shape index (κ2) is 9.97. The third-order valence-electron chi connectivity index (χ3n) is 7.09. The molecule has 0 unspecified atom stereocenters. The molecule has 0 aliphatic heterocycles. The number of carbonyl (C=O) groups is 2. The highest BCUT2D eigenvalue weighted by Crippen LogP contribution is 2.28. The quantitative estimate of drug-likeness (QED) is 0.302. The third-order valence-corrected chi connectivity index (χ3v) is 7.09. The van der Waals surface area contributed by atoms with Crippen LogP contribution in [0.4, 0.5) is 11.8 Å². The van der Waals surface area contributed by atoms with Gasteiger partial charge in [-0.15, -0.1) is 0 Å². The fourth-order valence-corrected chi connectivity index (χ4v) is 5.12. The van der Waals surface area contributed by atoms with Crippen molar-refractivity contribution in [2.75, 3.05) is 30.9 Å². The lowest BCUT2D eigenvalue weighted by Crippen LogP contribution is -2.37. The number of amides is 1. The lowest BCUT2D eigenvalue weighted by molar-refractivity contribution is -0.117. The predicted octanol–water partition coefficient (Wildman–Crippen LogP) is 4.16. The lowest BCUT2D eigenvalue weighted by Gasteiger charge is -2.29. The van der Waals surface area contributed by atoms with Gasteiger partial charge in [0.05, 0.1) is 11.1 Å². The minimum absolute atomic E-state index is 0.283. The van der Waals surface area contributed by atoms with Gasteiger partial charge < -0.3 is 20.1 Å². The Bertz CT molecular complexity index is 1420. The topological polar surface area (TPSA) is 92.2 Å². The van der Waals surface area contributed by atoms with Crippen LogP contribution in [0.2, 0.25) is 0 Å². The number of fused-ring (bicyclic) bond motifs is 2. The van der Waals surface area contributed by atoms with E-state index < -0.39 is 11.7 Å². The molecule has 2 aromatic heterocycles. The van der Waals surface area contributed by atoms with Gasteiger partial charge in [0, 0.05) is 56.2 Å². The highest BCUT2D eigenvalue weighted by molar-refractivity contribution is 6.45. The van der Waals surface area contributed by atoms with Crippen LogP contribution in [0.1, 0.15) is 36.0 Å². The van der Waals surface area contributed by atoms with Crippen LogP contribution in [-0.4, -0.2) is 52.9 Å². The summed E-state index contributed by atoms with van der Waals surface area (Å²) in [5, 5.41) is 8.24. The molecule has 1 aliphatic rings. The van der Waals surface area contributed by atoms with Crippen LogP contribution in [0.25, 0.3) is 21.8 Å². The Hall–Kier alpha value is -3.94. The summed E-state index contributed by atoms with van der Waals surface area (Å²) in [7, 11) is 5.86. The number of hydrogen-bond donors (Lipinski definition) is 2. The summed E-state index contributed by atoms with van der Waals surface area (Å²) >= 11 is 0. The Labute approximate surface area is 210 Å². The first kappa shape index (κ1) is 23.8. The number of benzene rings is 2. The van der Waals surface area contributed by atoms with E-state index in [9.17, 15) is 9.59 Å². The number of ketones is 1. The smallest absolute Gasteiger partial charge is 0.292 e. The molecule has 186 valence electrons. The molecule has 1 aliphatic carbocycles. The van der Waals surface area contributed by atoms with Crippen molar-refractivity contribution in [3.8, 4) is 0 Å². The van der Waals surface area contributed by atoms with E-state index in [2.05, 4.69) is 10.6 Å². The van der Waals surface area contributed by atoms with Crippen molar-refractivity contribution in [2.24, 2.45) is 13.0 Å². The second-order valence-corrected chi connectivity index (χ2v) is 9.85. The number of carbonyl (C=O) groups excluding carboxylic acids is 2. The van der Waals surface area contributed by atoms with E-state index in [0.29, 0.717) is 24.0 Å². The molecular formula is C28H32N6O2. The van der Waals surface area contributed by atoms with Crippen molar-refractivity contribution in [1.29, 1.82) is 0 Å². The molecule has 2 aromatic carbocycles. The van der Waals surface area contributed by atoms with Gasteiger partial charge in [-0.2, -0.15) is 4.98 Å². The number of rotatable bonds is 7. The van der Waals surface area contributed by atoms with Gasteiger partial charge in [0.15, 0.2) is 0 Å². The zero-order chi connectivity index (χ0) is 25.2. The van der Waals surface area contributed by atoms with Gasteiger partial charge in [-0.3, -0.25) is 9.59 Å². The number of aromatic nitrogens is 3. The third kappa shape index (κ3) is 4.76. The van der Waals surface area contributed by atoms with Crippen molar-refractivity contribution in [2.45, 2.75) is 31.7 Å². The van der Waals surface area contributed by atoms with Gasteiger partial charge in [0.25, 0.3) is 11.7 Å². The van der Waals surface area contributed by atoms with Gasteiger partial charge in [0.1, 0.15) is 5.82 Å². The van der Waals surface area contributed by atoms with Crippen LogP contribution >= 0.6 is 0 Å². The first-order valence-corrected chi connectivity index (χ1v) is 12.5. The van der Waals surface area contributed by atoms with Crippen LogP contribution in [0.15, 0.2) is 54.7 Å². The Morgan fingerprint density at radius 3 is 2.42 bits per heavy atom. The average molecular weight is 485 g/mol. The number of nitrogens with zero attached hydrogens (tertiary/aromatic N) is 4. The van der Waals surface area contributed by atoms with Crippen LogP contribution in [0, 0.1) is 5.92 Å². The van der Waals surface area contributed by atoms with Crippen LogP contribution in [0.5, 0.6) is 0 Å². The minimum atomic E-state index is -0.535. The summed E-state index contributed by atoms with van der Waals surface area (Å²) in [4.78, 5) is 36.9. The van der Waals surface area contributed by atoms with Gasteiger partial charge in [-0.1, -0.05) is 30.3 Å². The molecule has 0 saturated heterocycles. The first-order valence-electron chi connectivity index (χ1n) is 12.5. The summed E-state index contributed by atoms with van der Waals surface area (Å²) in [6.07, 6.45) is 5.60. The van der Waals surface area contributed by atoms with Crippen molar-refractivity contribution in [3.63, 3.8) is 0 Å². The highest BCUT2D eigenvalue weighted by Gasteiger charge is 2.25. The van der Waals surface area contributed by atoms with E-state index in [1.165, 1.54) is 0 Å². The van der Waals surface area contributed by atoms with Crippen LogP contribution in [-0.2, 0) is 11.8 Å². The molecule has 0 bridgehead atoms. The normalized spacial score (nSPS) is 17.8. The summed E-state index contributed by atoms with van der Waals surface area (Å²) in [6.45, 7) is 0.513. The Balaban J connectivity index is 1.16. The molecule has 5 rings (SSSR count). The second-order valence-electron chi connectivity index (χ2n) is 9.85. The number of aryl methyl sites for hydroxylation is 1. The van der Waals surface area contributed by atoms with E-state index in [1.54, 1.807) is 6.20 Å². The molecule has 2 heterocycles. The zero-order valence-corrected chi connectivity index (χ0v) is 21.0. The molecule has 8 heteroatoms. The maximum Gasteiger partial charge on any atom is 0.292 e. The largest absolute Gasteiger partial charge is 0.362 e. The van der Waals surface area contributed by atoms with Crippen LogP contribution < -0.4 is 15.5 Å². The molecule has 36 heavy (non-hydrogen) atoms. The van der Waals surface area contributed by atoms with Crippen molar-refractivity contribution in [1.82, 2.24) is 19.9 Å². The standard InChI is InChI=1S/C28H32N6O2/c1-33(2)26-21-9-4-6-10-23(21)31-28(32-26)30-19-14-12-18(13-15-19)16-29-27(36)25(35)22-17-34(3)24-11-7-5-8-20(22)24/h4-11,17-19H,12-16H2,1-3H3,(H,29,36)(H,30,31,32). The molecule has 0 spiro atoms. The van der Waals surface area contributed by atoms with E-state index in [1.807, 2.05) is 79.1 Å². The maximum atomic E-state index is 12.8. The SMILES string of the molecule is CN(C)c1nc(NC2CCC(CNC(=O)C(=O)c3cn(C)c4ccccc34)CC2)nc2ccccc12. The van der Waals surface area contributed by atoms with Gasteiger partial charge in [-0.05, 0) is 49.8 Å². The molecule has 1 amide bonds. The lowest BCUT2D eigenvalue weighted by atomic mass is 9.86.